The van der Waals surface area contributed by atoms with Crippen LogP contribution in [0.5, 0.6) is 0 Å². The average molecular weight is 523 g/mol. The highest BCUT2D eigenvalue weighted by molar-refractivity contribution is 5.11. The Morgan fingerprint density at radius 1 is 0.730 bits per heavy atom. The van der Waals surface area contributed by atoms with Crippen molar-refractivity contribution in [2.75, 3.05) is 13.2 Å². The standard InChI is InChI=1S/C30H50O7/c1-25(2)21(35-25)9-14-27(5,31)12-7-13-30(19-33-30)24-20(34-24)8-16-29(18-32-29)17-11-23-28(6,37-23)15-10-22-26(3,4)36-22/h20-24,31H,7-19H2,1-6H3. The van der Waals surface area contributed by atoms with E-state index < -0.39 is 5.60 Å². The van der Waals surface area contributed by atoms with E-state index in [9.17, 15) is 5.11 Å². The van der Waals surface area contributed by atoms with Crippen LogP contribution in [0.3, 0.4) is 0 Å². The molecular weight excluding hydrogens is 472 g/mol. The van der Waals surface area contributed by atoms with Crippen LogP contribution in [0.4, 0.5) is 0 Å². The minimum Gasteiger partial charge on any atom is -0.390 e. The zero-order valence-corrected chi connectivity index (χ0v) is 24.0. The normalized spacial score (nSPS) is 47.3. The van der Waals surface area contributed by atoms with E-state index in [4.69, 9.17) is 28.4 Å². The molecule has 0 aromatic heterocycles. The summed E-state index contributed by atoms with van der Waals surface area (Å²) in [6.45, 7) is 14.5. The number of rotatable bonds is 17. The summed E-state index contributed by atoms with van der Waals surface area (Å²) in [5.41, 5.74) is -0.598. The Kier molecular flexibility index (Phi) is 6.44. The van der Waals surface area contributed by atoms with Gasteiger partial charge in [0, 0.05) is 0 Å². The van der Waals surface area contributed by atoms with Crippen molar-refractivity contribution in [3.63, 3.8) is 0 Å². The lowest BCUT2D eigenvalue weighted by Crippen LogP contribution is -2.27. The third kappa shape index (κ3) is 6.23. The molecule has 0 aliphatic carbocycles. The molecule has 6 fully saturated rings. The molecule has 7 heteroatoms. The van der Waals surface area contributed by atoms with Crippen molar-refractivity contribution in [2.24, 2.45) is 0 Å². The number of hydrogen-bond acceptors (Lipinski definition) is 7. The summed E-state index contributed by atoms with van der Waals surface area (Å²) in [6.07, 6.45) is 12.5. The Bertz CT molecular complexity index is 860. The van der Waals surface area contributed by atoms with Gasteiger partial charge in [0.25, 0.3) is 0 Å². The zero-order chi connectivity index (χ0) is 26.3. The van der Waals surface area contributed by atoms with E-state index in [0.717, 1.165) is 83.8 Å². The summed E-state index contributed by atoms with van der Waals surface area (Å²) in [6, 6.07) is 0. The van der Waals surface area contributed by atoms with Crippen molar-refractivity contribution in [3.05, 3.63) is 0 Å². The molecule has 212 valence electrons. The molecule has 7 nitrogen and oxygen atoms in total. The van der Waals surface area contributed by atoms with Gasteiger partial charge in [0.05, 0.1) is 65.6 Å². The van der Waals surface area contributed by atoms with Crippen LogP contribution in [-0.2, 0) is 28.4 Å². The van der Waals surface area contributed by atoms with Crippen LogP contribution < -0.4 is 0 Å². The summed E-state index contributed by atoms with van der Waals surface area (Å²) in [7, 11) is 0. The van der Waals surface area contributed by atoms with Gasteiger partial charge in [-0.25, -0.2) is 0 Å². The van der Waals surface area contributed by atoms with Crippen LogP contribution in [0.25, 0.3) is 0 Å². The molecule has 6 rings (SSSR count). The fourth-order valence-electron chi connectivity index (χ4n) is 6.79. The Morgan fingerprint density at radius 3 is 1.92 bits per heavy atom. The van der Waals surface area contributed by atoms with E-state index in [1.165, 1.54) is 0 Å². The van der Waals surface area contributed by atoms with Crippen molar-refractivity contribution < 1.29 is 33.5 Å². The molecule has 6 saturated heterocycles. The molecule has 0 radical (unpaired) electrons. The first kappa shape index (κ1) is 26.9. The Hall–Kier alpha value is -0.280. The van der Waals surface area contributed by atoms with Crippen LogP contribution >= 0.6 is 0 Å². The lowest BCUT2D eigenvalue weighted by molar-refractivity contribution is 0.0331. The molecule has 0 aromatic rings. The van der Waals surface area contributed by atoms with Crippen molar-refractivity contribution in [1.82, 2.24) is 0 Å². The summed E-state index contributed by atoms with van der Waals surface area (Å²) >= 11 is 0. The highest BCUT2D eigenvalue weighted by atomic mass is 16.7. The van der Waals surface area contributed by atoms with Crippen LogP contribution in [0, 0.1) is 0 Å². The second kappa shape index (κ2) is 8.86. The van der Waals surface area contributed by atoms with Crippen LogP contribution in [0.15, 0.2) is 0 Å². The van der Waals surface area contributed by atoms with Gasteiger partial charge in [-0.05, 0) is 112 Å². The fourth-order valence-corrected chi connectivity index (χ4v) is 6.79. The molecule has 0 aromatic carbocycles. The zero-order valence-electron chi connectivity index (χ0n) is 24.0. The van der Waals surface area contributed by atoms with Crippen molar-refractivity contribution >= 4 is 0 Å². The van der Waals surface area contributed by atoms with E-state index in [1.54, 1.807) is 0 Å². The predicted molar refractivity (Wildman–Crippen MR) is 139 cm³/mol. The van der Waals surface area contributed by atoms with Gasteiger partial charge < -0.3 is 33.5 Å². The number of epoxide rings is 6. The Labute approximate surface area is 223 Å². The van der Waals surface area contributed by atoms with Gasteiger partial charge in [-0.3, -0.25) is 0 Å². The quantitative estimate of drug-likeness (QED) is 0.273. The number of hydrogen-bond donors (Lipinski definition) is 1. The largest absolute Gasteiger partial charge is 0.390 e. The van der Waals surface area contributed by atoms with Crippen LogP contribution in [-0.4, -0.2) is 82.4 Å². The first-order chi connectivity index (χ1) is 17.3. The third-order valence-electron chi connectivity index (χ3n) is 10.4. The van der Waals surface area contributed by atoms with Gasteiger partial charge in [-0.2, -0.15) is 0 Å². The molecular formula is C30H50O7. The smallest absolute Gasteiger partial charge is 0.120 e. The van der Waals surface area contributed by atoms with E-state index in [1.807, 2.05) is 6.92 Å². The lowest BCUT2D eigenvalue weighted by Gasteiger charge is -2.23. The van der Waals surface area contributed by atoms with Crippen LogP contribution in [0.1, 0.15) is 112 Å². The van der Waals surface area contributed by atoms with Crippen molar-refractivity contribution in [3.8, 4) is 0 Å². The summed E-state index contributed by atoms with van der Waals surface area (Å²) in [5, 5.41) is 10.8. The highest BCUT2D eigenvalue weighted by Crippen LogP contribution is 2.52. The molecule has 0 saturated carbocycles. The highest BCUT2D eigenvalue weighted by Gasteiger charge is 2.63. The lowest BCUT2D eigenvalue weighted by atomic mass is 9.87. The maximum atomic E-state index is 10.8. The predicted octanol–water partition coefficient (Wildman–Crippen LogP) is 4.85. The van der Waals surface area contributed by atoms with Crippen molar-refractivity contribution in [1.29, 1.82) is 0 Å². The molecule has 37 heavy (non-hydrogen) atoms. The molecule has 6 heterocycles. The summed E-state index contributed by atoms with van der Waals surface area (Å²) in [4.78, 5) is 0. The Morgan fingerprint density at radius 2 is 1.32 bits per heavy atom. The average Bonchev–Trinajstić information content (AvgIpc) is 3.60. The molecule has 0 bridgehead atoms. The first-order valence-electron chi connectivity index (χ1n) is 14.9. The van der Waals surface area contributed by atoms with E-state index in [2.05, 4.69) is 34.6 Å². The number of aliphatic hydroxyl groups is 1. The van der Waals surface area contributed by atoms with E-state index in [0.29, 0.717) is 24.4 Å². The maximum Gasteiger partial charge on any atom is 0.120 e. The monoisotopic (exact) mass is 522 g/mol. The minimum absolute atomic E-state index is 0.000299. The summed E-state index contributed by atoms with van der Waals surface area (Å²) < 4.78 is 35.5. The van der Waals surface area contributed by atoms with Gasteiger partial charge in [-0.15, -0.1) is 0 Å². The summed E-state index contributed by atoms with van der Waals surface area (Å²) in [5.74, 6) is 0. The second-order valence-electron chi connectivity index (χ2n) is 14.8. The molecule has 9 atom stereocenters. The van der Waals surface area contributed by atoms with Gasteiger partial charge in [-0.1, -0.05) is 0 Å². The van der Waals surface area contributed by atoms with Crippen molar-refractivity contribution in [2.45, 2.75) is 176 Å². The number of ether oxygens (including phenoxy) is 6. The first-order valence-corrected chi connectivity index (χ1v) is 14.9. The fraction of sp³-hybridized carbons (Fsp3) is 1.00. The molecule has 0 amide bonds. The van der Waals surface area contributed by atoms with Crippen LogP contribution in [0.2, 0.25) is 0 Å². The molecule has 0 spiro atoms. The van der Waals surface area contributed by atoms with E-state index in [-0.39, 0.29) is 34.1 Å². The van der Waals surface area contributed by atoms with Gasteiger partial charge >= 0.3 is 0 Å². The maximum absolute atomic E-state index is 10.8. The molecule has 9 unspecified atom stereocenters. The Balaban J connectivity index is 0.852. The van der Waals surface area contributed by atoms with Gasteiger partial charge in [0.15, 0.2) is 0 Å². The SMILES string of the molecule is CC(O)(CCCC1(C2OC2CCC2(CCC3OC3(C)CCC3OC3(C)C)CO2)CO1)CCC1OC1(C)C. The van der Waals surface area contributed by atoms with E-state index >= 15 is 0 Å². The topological polar surface area (TPSA) is 95.4 Å². The van der Waals surface area contributed by atoms with Gasteiger partial charge in [0.1, 0.15) is 11.7 Å². The molecule has 1 N–H and O–H groups in total. The molecule has 6 aliphatic heterocycles. The third-order valence-corrected chi connectivity index (χ3v) is 10.4. The molecule has 6 aliphatic rings. The minimum atomic E-state index is -0.638. The second-order valence-corrected chi connectivity index (χ2v) is 14.8. The van der Waals surface area contributed by atoms with Gasteiger partial charge in [0.2, 0.25) is 0 Å².